The van der Waals surface area contributed by atoms with E-state index in [0.717, 1.165) is 12.8 Å². The van der Waals surface area contributed by atoms with Crippen LogP contribution in [0, 0.1) is 17.8 Å². The van der Waals surface area contributed by atoms with Crippen LogP contribution in [0.5, 0.6) is 0 Å². The standard InChI is InChI=1S/C13H25NO3/c1-8(2)10-5-4-9(3)6-12(10)17-13(16)11(15)7-14/h8-12,15H,4-7,14H2,1-3H3. The number of ether oxygens (including phenoxy) is 1. The van der Waals surface area contributed by atoms with E-state index in [0.29, 0.717) is 17.8 Å². The second kappa shape index (κ2) is 6.36. The molecule has 1 aliphatic rings. The van der Waals surface area contributed by atoms with E-state index in [1.807, 2.05) is 0 Å². The molecule has 0 radical (unpaired) electrons. The Morgan fingerprint density at radius 3 is 2.65 bits per heavy atom. The van der Waals surface area contributed by atoms with E-state index in [9.17, 15) is 9.90 Å². The van der Waals surface area contributed by atoms with Gasteiger partial charge in [0.15, 0.2) is 6.10 Å². The molecule has 0 aliphatic heterocycles. The Morgan fingerprint density at radius 2 is 2.12 bits per heavy atom. The molecule has 0 aromatic heterocycles. The van der Waals surface area contributed by atoms with E-state index in [1.54, 1.807) is 0 Å². The van der Waals surface area contributed by atoms with Crippen LogP contribution in [0.3, 0.4) is 0 Å². The van der Waals surface area contributed by atoms with Gasteiger partial charge in [0.05, 0.1) is 0 Å². The van der Waals surface area contributed by atoms with Gasteiger partial charge in [-0.15, -0.1) is 0 Å². The normalized spacial score (nSPS) is 31.3. The van der Waals surface area contributed by atoms with E-state index < -0.39 is 12.1 Å². The van der Waals surface area contributed by atoms with Crippen molar-refractivity contribution in [3.63, 3.8) is 0 Å². The zero-order valence-electron chi connectivity index (χ0n) is 11.1. The fourth-order valence-electron chi connectivity index (χ4n) is 2.57. The summed E-state index contributed by atoms with van der Waals surface area (Å²) in [6.07, 6.45) is 1.94. The third-order valence-electron chi connectivity index (χ3n) is 3.72. The van der Waals surface area contributed by atoms with Crippen LogP contribution in [-0.4, -0.2) is 29.8 Å². The van der Waals surface area contributed by atoms with Crippen molar-refractivity contribution in [1.29, 1.82) is 0 Å². The topological polar surface area (TPSA) is 72.5 Å². The number of rotatable bonds is 4. The summed E-state index contributed by atoms with van der Waals surface area (Å²) in [6.45, 7) is 6.41. The second-order valence-electron chi connectivity index (χ2n) is 5.55. The maximum absolute atomic E-state index is 11.6. The average Bonchev–Trinajstić information content (AvgIpc) is 2.27. The van der Waals surface area contributed by atoms with Crippen LogP contribution in [0.4, 0.5) is 0 Å². The maximum atomic E-state index is 11.6. The highest BCUT2D eigenvalue weighted by Crippen LogP contribution is 2.35. The molecule has 100 valence electrons. The molecule has 3 N–H and O–H groups in total. The average molecular weight is 243 g/mol. The van der Waals surface area contributed by atoms with Gasteiger partial charge in [0.1, 0.15) is 6.10 Å². The minimum Gasteiger partial charge on any atom is -0.460 e. The molecule has 0 heterocycles. The molecule has 1 rings (SSSR count). The number of hydrogen-bond acceptors (Lipinski definition) is 4. The van der Waals surface area contributed by atoms with Crippen LogP contribution in [-0.2, 0) is 9.53 Å². The molecule has 0 aromatic rings. The van der Waals surface area contributed by atoms with E-state index in [-0.39, 0.29) is 12.6 Å². The van der Waals surface area contributed by atoms with E-state index in [4.69, 9.17) is 10.5 Å². The predicted molar refractivity (Wildman–Crippen MR) is 66.3 cm³/mol. The van der Waals surface area contributed by atoms with Gasteiger partial charge in [-0.2, -0.15) is 0 Å². The lowest BCUT2D eigenvalue weighted by Gasteiger charge is -2.37. The first-order valence-corrected chi connectivity index (χ1v) is 6.54. The van der Waals surface area contributed by atoms with E-state index >= 15 is 0 Å². The molecule has 4 unspecified atom stereocenters. The number of aliphatic hydroxyl groups is 1. The molecule has 0 spiro atoms. The largest absolute Gasteiger partial charge is 0.460 e. The van der Waals surface area contributed by atoms with Crippen molar-refractivity contribution in [3.05, 3.63) is 0 Å². The summed E-state index contributed by atoms with van der Waals surface area (Å²) < 4.78 is 5.42. The molecule has 4 nitrogen and oxygen atoms in total. The lowest BCUT2D eigenvalue weighted by Crippen LogP contribution is -2.40. The van der Waals surface area contributed by atoms with Crippen molar-refractivity contribution in [1.82, 2.24) is 0 Å². The highest BCUT2D eigenvalue weighted by Gasteiger charge is 2.34. The van der Waals surface area contributed by atoms with Crippen LogP contribution < -0.4 is 5.73 Å². The highest BCUT2D eigenvalue weighted by molar-refractivity contribution is 5.74. The number of aliphatic hydroxyl groups excluding tert-OH is 1. The van der Waals surface area contributed by atoms with Gasteiger partial charge in [-0.05, 0) is 30.6 Å². The molecule has 4 heteroatoms. The molecule has 0 saturated heterocycles. The van der Waals surface area contributed by atoms with Crippen LogP contribution in [0.2, 0.25) is 0 Å². The van der Waals surface area contributed by atoms with Crippen molar-refractivity contribution < 1.29 is 14.6 Å². The monoisotopic (exact) mass is 243 g/mol. The molecule has 1 fully saturated rings. The van der Waals surface area contributed by atoms with Gasteiger partial charge < -0.3 is 15.6 Å². The van der Waals surface area contributed by atoms with Crippen LogP contribution in [0.25, 0.3) is 0 Å². The van der Waals surface area contributed by atoms with Crippen LogP contribution in [0.15, 0.2) is 0 Å². The molecule has 0 bridgehead atoms. The van der Waals surface area contributed by atoms with Crippen molar-refractivity contribution in [2.24, 2.45) is 23.5 Å². The summed E-state index contributed by atoms with van der Waals surface area (Å²) in [5.74, 6) is 0.908. The summed E-state index contributed by atoms with van der Waals surface area (Å²) in [7, 11) is 0. The van der Waals surface area contributed by atoms with Gasteiger partial charge in [-0.25, -0.2) is 4.79 Å². The molecule has 4 atom stereocenters. The Balaban J connectivity index is 2.60. The smallest absolute Gasteiger partial charge is 0.336 e. The lowest BCUT2D eigenvalue weighted by atomic mass is 9.75. The molecule has 0 amide bonds. The summed E-state index contributed by atoms with van der Waals surface area (Å²) in [5.41, 5.74) is 5.25. The third-order valence-corrected chi connectivity index (χ3v) is 3.72. The third kappa shape index (κ3) is 3.96. The first-order valence-electron chi connectivity index (χ1n) is 6.54. The fraction of sp³-hybridized carbons (Fsp3) is 0.923. The Hall–Kier alpha value is -0.610. The quantitative estimate of drug-likeness (QED) is 0.730. The minimum atomic E-state index is -1.18. The van der Waals surface area contributed by atoms with Gasteiger partial charge in [0, 0.05) is 6.54 Å². The number of carbonyl (C=O) groups excluding carboxylic acids is 1. The SMILES string of the molecule is CC1CCC(C(C)C)C(OC(=O)C(O)CN)C1. The fourth-order valence-corrected chi connectivity index (χ4v) is 2.57. The first-order chi connectivity index (χ1) is 7.95. The van der Waals surface area contributed by atoms with Gasteiger partial charge >= 0.3 is 5.97 Å². The van der Waals surface area contributed by atoms with E-state index in [2.05, 4.69) is 20.8 Å². The summed E-state index contributed by atoms with van der Waals surface area (Å²) in [4.78, 5) is 11.6. The predicted octanol–water partition coefficient (Wildman–Crippen LogP) is 1.31. The van der Waals surface area contributed by atoms with Gasteiger partial charge in [0.25, 0.3) is 0 Å². The van der Waals surface area contributed by atoms with Gasteiger partial charge in [-0.1, -0.05) is 27.2 Å². The van der Waals surface area contributed by atoms with Crippen LogP contribution in [0.1, 0.15) is 40.0 Å². The van der Waals surface area contributed by atoms with Crippen molar-refractivity contribution in [3.8, 4) is 0 Å². The number of esters is 1. The lowest BCUT2D eigenvalue weighted by molar-refractivity contribution is -0.165. The summed E-state index contributed by atoms with van der Waals surface area (Å²) in [5, 5.41) is 9.35. The number of carbonyl (C=O) groups is 1. The Kier molecular flexibility index (Phi) is 5.40. The highest BCUT2D eigenvalue weighted by atomic mass is 16.6. The number of hydrogen-bond donors (Lipinski definition) is 2. The molecular weight excluding hydrogens is 218 g/mol. The summed E-state index contributed by atoms with van der Waals surface area (Å²) in [6, 6.07) is 0. The molecule has 0 aromatic carbocycles. The Morgan fingerprint density at radius 1 is 1.47 bits per heavy atom. The molecule has 1 aliphatic carbocycles. The maximum Gasteiger partial charge on any atom is 0.336 e. The van der Waals surface area contributed by atoms with E-state index in [1.165, 1.54) is 6.42 Å². The second-order valence-corrected chi connectivity index (χ2v) is 5.55. The Bertz CT molecular complexity index is 255. The van der Waals surface area contributed by atoms with Crippen LogP contribution >= 0.6 is 0 Å². The summed E-state index contributed by atoms with van der Waals surface area (Å²) >= 11 is 0. The van der Waals surface area contributed by atoms with Crippen molar-refractivity contribution in [2.45, 2.75) is 52.2 Å². The van der Waals surface area contributed by atoms with Crippen molar-refractivity contribution in [2.75, 3.05) is 6.54 Å². The number of nitrogens with two attached hydrogens (primary N) is 1. The van der Waals surface area contributed by atoms with Gasteiger partial charge in [0.2, 0.25) is 0 Å². The minimum absolute atomic E-state index is 0.0625. The first kappa shape index (κ1) is 14.5. The Labute approximate surface area is 104 Å². The zero-order chi connectivity index (χ0) is 13.0. The zero-order valence-corrected chi connectivity index (χ0v) is 11.1. The van der Waals surface area contributed by atoms with Gasteiger partial charge in [-0.3, -0.25) is 0 Å². The molecule has 1 saturated carbocycles. The van der Waals surface area contributed by atoms with Crippen molar-refractivity contribution >= 4 is 5.97 Å². The molecule has 17 heavy (non-hydrogen) atoms. The molecular formula is C13H25NO3.